The largest absolute Gasteiger partial charge is 0.465 e. The van der Waals surface area contributed by atoms with Gasteiger partial charge in [-0.05, 0) is 12.8 Å². The van der Waals surface area contributed by atoms with Gasteiger partial charge in [0.2, 0.25) is 0 Å². The average Bonchev–Trinajstić information content (AvgIpc) is 2.45. The zero-order chi connectivity index (χ0) is 9.14. The first kappa shape index (κ1) is 8.41. The molecule has 3 nitrogen and oxygen atoms in total. The minimum atomic E-state index is -0.433. The van der Waals surface area contributed by atoms with E-state index in [1.165, 1.54) is 13.2 Å². The summed E-state index contributed by atoms with van der Waals surface area (Å²) < 4.78 is 9.56. The first-order chi connectivity index (χ1) is 5.69. The maximum atomic E-state index is 11.0. The van der Waals surface area contributed by atoms with E-state index in [9.17, 15) is 4.79 Å². The predicted octanol–water partition coefficient (Wildman–Crippen LogP) is 1.36. The first-order valence-corrected chi connectivity index (χ1v) is 3.34. The predicted molar refractivity (Wildman–Crippen MR) is 42.7 cm³/mol. The van der Waals surface area contributed by atoms with E-state index >= 15 is 0 Å². The fraction of sp³-hybridized carbons (Fsp3) is 0.222. The number of hydrogen-bond acceptors (Lipinski definition) is 3. The smallest absolute Gasteiger partial charge is 0.341 e. The van der Waals surface area contributed by atoms with Crippen LogP contribution in [-0.4, -0.2) is 13.1 Å². The third kappa shape index (κ3) is 1.32. The lowest BCUT2D eigenvalue weighted by atomic mass is 10.2. The minimum Gasteiger partial charge on any atom is -0.465 e. The number of aryl methyl sites for hydroxylation is 1. The highest BCUT2D eigenvalue weighted by atomic mass is 16.5. The monoisotopic (exact) mass is 164 g/mol. The molecule has 62 valence electrons. The number of terminal acetylenes is 1. The summed E-state index contributed by atoms with van der Waals surface area (Å²) in [5.74, 6) is 2.68. The molecule has 0 aliphatic carbocycles. The molecule has 1 aromatic heterocycles. The van der Waals surface area contributed by atoms with Crippen LogP contribution in [0.15, 0.2) is 10.5 Å². The van der Waals surface area contributed by atoms with Crippen molar-refractivity contribution in [1.82, 2.24) is 0 Å². The number of rotatable bonds is 1. The number of hydrogen-bond donors (Lipinski definition) is 0. The van der Waals surface area contributed by atoms with E-state index in [0.29, 0.717) is 17.1 Å². The second kappa shape index (κ2) is 3.14. The fourth-order valence-corrected chi connectivity index (χ4v) is 0.866. The molecule has 1 aromatic rings. The van der Waals surface area contributed by atoms with Crippen molar-refractivity contribution in [2.75, 3.05) is 7.11 Å². The Balaban J connectivity index is 3.10. The van der Waals surface area contributed by atoms with Crippen LogP contribution in [0.1, 0.15) is 21.9 Å². The molecule has 0 aliphatic rings. The summed E-state index contributed by atoms with van der Waals surface area (Å²) in [5, 5.41) is 0. The van der Waals surface area contributed by atoms with E-state index in [0.717, 1.165) is 0 Å². The van der Waals surface area contributed by atoms with Crippen LogP contribution in [0.25, 0.3) is 0 Å². The van der Waals surface area contributed by atoms with Crippen molar-refractivity contribution in [2.45, 2.75) is 6.92 Å². The fourth-order valence-electron chi connectivity index (χ4n) is 0.866. The number of esters is 1. The van der Waals surface area contributed by atoms with Gasteiger partial charge in [-0.1, -0.05) is 0 Å². The lowest BCUT2D eigenvalue weighted by Crippen LogP contribution is -2.00. The molecule has 1 heterocycles. The summed E-state index contributed by atoms with van der Waals surface area (Å²) in [4.78, 5) is 11.0. The average molecular weight is 164 g/mol. The molecule has 0 spiro atoms. The molecule has 0 N–H and O–H groups in total. The van der Waals surface area contributed by atoms with Gasteiger partial charge in [-0.2, -0.15) is 0 Å². The summed E-state index contributed by atoms with van der Waals surface area (Å²) in [6, 6.07) is 1.49. The van der Waals surface area contributed by atoms with Gasteiger partial charge in [0, 0.05) is 6.07 Å². The van der Waals surface area contributed by atoms with Crippen molar-refractivity contribution in [1.29, 1.82) is 0 Å². The molecule has 0 amide bonds. The van der Waals surface area contributed by atoms with Gasteiger partial charge in [0.05, 0.1) is 7.11 Å². The second-order valence-corrected chi connectivity index (χ2v) is 2.22. The summed E-state index contributed by atoms with van der Waals surface area (Å²) in [5.41, 5.74) is 0.380. The van der Waals surface area contributed by atoms with Crippen molar-refractivity contribution in [2.24, 2.45) is 0 Å². The van der Waals surface area contributed by atoms with Crippen LogP contribution in [0.3, 0.4) is 0 Å². The van der Waals surface area contributed by atoms with E-state index in [1.807, 2.05) is 0 Å². The van der Waals surface area contributed by atoms with Crippen LogP contribution >= 0.6 is 0 Å². The Morgan fingerprint density at radius 1 is 1.75 bits per heavy atom. The standard InChI is InChI=1S/C9H8O3/c1-4-7-5-8(6(2)12-7)9(10)11-3/h1,5H,2-3H3. The molecule has 0 unspecified atom stereocenters. The molecule has 3 heteroatoms. The van der Waals surface area contributed by atoms with E-state index < -0.39 is 5.97 Å². The van der Waals surface area contributed by atoms with Crippen molar-refractivity contribution in [3.8, 4) is 12.3 Å². The van der Waals surface area contributed by atoms with Crippen molar-refractivity contribution in [3.05, 3.63) is 23.2 Å². The number of carbonyl (C=O) groups is 1. The zero-order valence-electron chi connectivity index (χ0n) is 6.88. The molecule has 0 aromatic carbocycles. The van der Waals surface area contributed by atoms with Crippen LogP contribution in [0, 0.1) is 19.3 Å². The van der Waals surface area contributed by atoms with Crippen LogP contribution in [0.2, 0.25) is 0 Å². The Labute approximate surface area is 70.3 Å². The van der Waals surface area contributed by atoms with Crippen LogP contribution in [-0.2, 0) is 4.74 Å². The molecule has 0 saturated heterocycles. The molecule has 1 rings (SSSR count). The Morgan fingerprint density at radius 3 is 2.83 bits per heavy atom. The third-order valence-corrected chi connectivity index (χ3v) is 1.47. The highest BCUT2D eigenvalue weighted by Crippen LogP contribution is 2.14. The summed E-state index contributed by atoms with van der Waals surface area (Å²) in [6.45, 7) is 1.66. The topological polar surface area (TPSA) is 39.4 Å². The van der Waals surface area contributed by atoms with E-state index in [1.54, 1.807) is 6.92 Å². The SMILES string of the molecule is C#Cc1cc(C(=O)OC)c(C)o1. The Hall–Kier alpha value is -1.69. The molecular formula is C9H8O3. The van der Waals surface area contributed by atoms with Gasteiger partial charge in [0.1, 0.15) is 11.3 Å². The molecule has 0 saturated carbocycles. The minimum absolute atomic E-state index is 0.341. The third-order valence-electron chi connectivity index (χ3n) is 1.47. The normalized spacial score (nSPS) is 9.08. The first-order valence-electron chi connectivity index (χ1n) is 3.34. The Morgan fingerprint density at radius 2 is 2.42 bits per heavy atom. The van der Waals surface area contributed by atoms with Gasteiger partial charge in [-0.25, -0.2) is 4.79 Å². The van der Waals surface area contributed by atoms with E-state index in [4.69, 9.17) is 10.8 Å². The van der Waals surface area contributed by atoms with E-state index in [2.05, 4.69) is 10.7 Å². The quantitative estimate of drug-likeness (QED) is 0.464. The van der Waals surface area contributed by atoms with Crippen molar-refractivity contribution >= 4 is 5.97 Å². The molecule has 0 bridgehead atoms. The van der Waals surface area contributed by atoms with Gasteiger partial charge in [0.15, 0.2) is 5.76 Å². The molecule has 0 radical (unpaired) electrons. The highest BCUT2D eigenvalue weighted by molar-refractivity contribution is 5.90. The zero-order valence-corrected chi connectivity index (χ0v) is 6.88. The van der Waals surface area contributed by atoms with Gasteiger partial charge < -0.3 is 9.15 Å². The molecule has 0 atom stereocenters. The number of furan rings is 1. The lowest BCUT2D eigenvalue weighted by molar-refractivity contribution is 0.0599. The summed E-state index contributed by atoms with van der Waals surface area (Å²) in [6.07, 6.45) is 5.08. The summed E-state index contributed by atoms with van der Waals surface area (Å²) in [7, 11) is 1.31. The Bertz CT molecular complexity index is 341. The van der Waals surface area contributed by atoms with Crippen molar-refractivity contribution in [3.63, 3.8) is 0 Å². The molecular weight excluding hydrogens is 156 g/mol. The number of ether oxygens (including phenoxy) is 1. The second-order valence-electron chi connectivity index (χ2n) is 2.22. The van der Waals surface area contributed by atoms with Gasteiger partial charge in [0.25, 0.3) is 0 Å². The Kier molecular flexibility index (Phi) is 2.20. The van der Waals surface area contributed by atoms with Crippen molar-refractivity contribution < 1.29 is 13.9 Å². The number of carbonyl (C=O) groups excluding carboxylic acids is 1. The molecule has 0 fully saturated rings. The van der Waals surface area contributed by atoms with Crippen LogP contribution in [0.5, 0.6) is 0 Å². The van der Waals surface area contributed by atoms with E-state index in [-0.39, 0.29) is 0 Å². The van der Waals surface area contributed by atoms with Crippen LogP contribution in [0.4, 0.5) is 0 Å². The van der Waals surface area contributed by atoms with Gasteiger partial charge in [-0.15, -0.1) is 6.42 Å². The molecule has 0 aliphatic heterocycles. The maximum absolute atomic E-state index is 11.0. The number of methoxy groups -OCH3 is 1. The molecule has 12 heavy (non-hydrogen) atoms. The van der Waals surface area contributed by atoms with Gasteiger partial charge in [-0.3, -0.25) is 0 Å². The summed E-state index contributed by atoms with van der Waals surface area (Å²) >= 11 is 0. The lowest BCUT2D eigenvalue weighted by Gasteiger charge is -1.93. The maximum Gasteiger partial charge on any atom is 0.341 e. The highest BCUT2D eigenvalue weighted by Gasteiger charge is 2.13. The van der Waals surface area contributed by atoms with Crippen LogP contribution < -0.4 is 0 Å². The van der Waals surface area contributed by atoms with Gasteiger partial charge >= 0.3 is 5.97 Å².